The van der Waals surface area contributed by atoms with E-state index < -0.39 is 0 Å². The summed E-state index contributed by atoms with van der Waals surface area (Å²) in [6.45, 7) is 4.44. The van der Waals surface area contributed by atoms with Crippen LogP contribution in [0.3, 0.4) is 0 Å². The number of nitrogens with one attached hydrogen (secondary N) is 1. The Labute approximate surface area is 118 Å². The van der Waals surface area contributed by atoms with Gasteiger partial charge in [0.1, 0.15) is 0 Å². The van der Waals surface area contributed by atoms with Gasteiger partial charge in [-0.25, -0.2) is 0 Å². The molecule has 0 radical (unpaired) electrons. The Hall–Kier alpha value is -0.480. The average molecular weight is 291 g/mol. The monoisotopic (exact) mass is 290 g/mol. The molecule has 0 atom stereocenters. The molecule has 2 nitrogen and oxygen atoms in total. The molecule has 1 aromatic carbocycles. The summed E-state index contributed by atoms with van der Waals surface area (Å²) in [5.41, 5.74) is 1.41. The summed E-state index contributed by atoms with van der Waals surface area (Å²) in [6, 6.07) is 8.79. The van der Waals surface area contributed by atoms with Crippen LogP contribution in [-0.4, -0.2) is 26.2 Å². The predicted octanol–water partition coefficient (Wildman–Crippen LogP) is 3.15. The second-order valence-electron chi connectivity index (χ2n) is 3.85. The zero-order valence-corrected chi connectivity index (χ0v) is 11.8. The van der Waals surface area contributed by atoms with Crippen molar-refractivity contribution in [3.8, 4) is 0 Å². The molecule has 0 amide bonds. The van der Waals surface area contributed by atoms with Crippen LogP contribution in [0.25, 0.3) is 10.1 Å². The molecule has 1 saturated heterocycles. The molecule has 1 aromatic heterocycles. The molecule has 5 heteroatoms. The highest BCUT2D eigenvalue weighted by molar-refractivity contribution is 7.17. The fraction of sp³-hybridized carbons (Fsp3) is 0.333. The molecule has 94 valence electrons. The van der Waals surface area contributed by atoms with E-state index in [1.807, 2.05) is 11.3 Å². The Morgan fingerprint density at radius 3 is 2.59 bits per heavy atom. The van der Waals surface area contributed by atoms with Crippen molar-refractivity contribution in [2.24, 2.45) is 0 Å². The van der Waals surface area contributed by atoms with Gasteiger partial charge in [0.05, 0.1) is 10.4 Å². The zero-order valence-electron chi connectivity index (χ0n) is 9.39. The van der Waals surface area contributed by atoms with Gasteiger partial charge in [-0.3, -0.25) is 0 Å². The van der Waals surface area contributed by atoms with Gasteiger partial charge in [0.15, 0.2) is 0 Å². The van der Waals surface area contributed by atoms with Crippen molar-refractivity contribution in [3.63, 3.8) is 0 Å². The first-order valence-corrected chi connectivity index (χ1v) is 6.25. The van der Waals surface area contributed by atoms with Gasteiger partial charge < -0.3 is 10.2 Å². The minimum absolute atomic E-state index is 0. The highest BCUT2D eigenvalue weighted by Crippen LogP contribution is 2.31. The Bertz CT molecular complexity index is 466. The summed E-state index contributed by atoms with van der Waals surface area (Å²) in [7, 11) is 0. The van der Waals surface area contributed by atoms with Gasteiger partial charge in [0.25, 0.3) is 0 Å². The summed E-state index contributed by atoms with van der Waals surface area (Å²) in [5.74, 6) is 0. The molecule has 0 aliphatic carbocycles. The summed E-state index contributed by atoms with van der Waals surface area (Å²) in [5, 5.41) is 6.94. The number of anilines is 1. The van der Waals surface area contributed by atoms with E-state index in [0.29, 0.717) is 0 Å². The summed E-state index contributed by atoms with van der Waals surface area (Å²) in [6.07, 6.45) is 0. The van der Waals surface area contributed by atoms with Crippen LogP contribution in [-0.2, 0) is 0 Å². The van der Waals surface area contributed by atoms with Crippen LogP contribution in [0.4, 0.5) is 5.69 Å². The van der Waals surface area contributed by atoms with Crippen molar-refractivity contribution in [1.29, 1.82) is 0 Å². The fourth-order valence-corrected chi connectivity index (χ4v) is 3.07. The van der Waals surface area contributed by atoms with Crippen LogP contribution in [0.15, 0.2) is 29.6 Å². The smallest absolute Gasteiger partial charge is 0.0576 e. The van der Waals surface area contributed by atoms with Crippen molar-refractivity contribution < 1.29 is 0 Å². The minimum Gasteiger partial charge on any atom is -0.368 e. The molecular formula is C12H16Cl2N2S. The predicted molar refractivity (Wildman–Crippen MR) is 81.4 cm³/mol. The molecule has 0 spiro atoms. The maximum Gasteiger partial charge on any atom is 0.0576 e. The first kappa shape index (κ1) is 14.6. The number of fused-ring (bicyclic) bond motifs is 1. The van der Waals surface area contributed by atoms with Gasteiger partial charge in [-0.15, -0.1) is 36.2 Å². The number of benzene rings is 1. The quantitative estimate of drug-likeness (QED) is 0.868. The lowest BCUT2D eigenvalue weighted by Gasteiger charge is -2.29. The van der Waals surface area contributed by atoms with Crippen LogP contribution < -0.4 is 10.2 Å². The summed E-state index contributed by atoms with van der Waals surface area (Å²) < 4.78 is 1.43. The van der Waals surface area contributed by atoms with Crippen LogP contribution in [0.2, 0.25) is 0 Å². The highest BCUT2D eigenvalue weighted by Gasteiger charge is 2.13. The van der Waals surface area contributed by atoms with Crippen LogP contribution >= 0.6 is 36.2 Å². The Kier molecular flexibility index (Phi) is 5.53. The Morgan fingerprint density at radius 1 is 1.06 bits per heavy atom. The fourth-order valence-electron chi connectivity index (χ4n) is 2.13. The minimum atomic E-state index is 0. The number of hydrogen-bond acceptors (Lipinski definition) is 3. The molecule has 2 heterocycles. The molecule has 1 aliphatic heterocycles. The van der Waals surface area contributed by atoms with E-state index in [-0.39, 0.29) is 24.8 Å². The normalized spacial score (nSPS) is 15.2. The molecular weight excluding hydrogens is 275 g/mol. The molecule has 2 aromatic rings. The highest BCUT2D eigenvalue weighted by atomic mass is 35.5. The van der Waals surface area contributed by atoms with E-state index >= 15 is 0 Å². The van der Waals surface area contributed by atoms with E-state index in [2.05, 4.69) is 39.9 Å². The number of piperazine rings is 1. The number of halogens is 2. The number of hydrogen-bond donors (Lipinski definition) is 1. The first-order chi connectivity index (χ1) is 7.45. The van der Waals surface area contributed by atoms with Crippen molar-refractivity contribution >= 4 is 51.9 Å². The van der Waals surface area contributed by atoms with Gasteiger partial charge in [-0.1, -0.05) is 12.1 Å². The van der Waals surface area contributed by atoms with Gasteiger partial charge in [0, 0.05) is 26.2 Å². The number of rotatable bonds is 1. The molecule has 0 saturated carbocycles. The van der Waals surface area contributed by atoms with Gasteiger partial charge in [-0.2, -0.15) is 0 Å². The zero-order chi connectivity index (χ0) is 10.1. The molecule has 1 fully saturated rings. The lowest BCUT2D eigenvalue weighted by molar-refractivity contribution is 0.590. The number of thiophene rings is 1. The van der Waals surface area contributed by atoms with Gasteiger partial charge in [0.2, 0.25) is 0 Å². The van der Waals surface area contributed by atoms with Crippen molar-refractivity contribution in [3.05, 3.63) is 29.6 Å². The Morgan fingerprint density at radius 2 is 1.82 bits per heavy atom. The molecule has 1 N–H and O–H groups in total. The van der Waals surface area contributed by atoms with Crippen LogP contribution in [0.5, 0.6) is 0 Å². The van der Waals surface area contributed by atoms with E-state index in [1.165, 1.54) is 15.8 Å². The summed E-state index contributed by atoms with van der Waals surface area (Å²) in [4.78, 5) is 2.48. The van der Waals surface area contributed by atoms with Gasteiger partial charge >= 0.3 is 0 Å². The van der Waals surface area contributed by atoms with E-state index in [1.54, 1.807) is 0 Å². The molecule has 3 rings (SSSR count). The van der Waals surface area contributed by atoms with Crippen molar-refractivity contribution in [1.82, 2.24) is 5.32 Å². The van der Waals surface area contributed by atoms with Crippen molar-refractivity contribution in [2.75, 3.05) is 31.1 Å². The first-order valence-electron chi connectivity index (χ1n) is 5.37. The maximum atomic E-state index is 3.39. The SMILES string of the molecule is Cl.Cl.c1cc(N2CCNCC2)c2sccc2c1. The maximum absolute atomic E-state index is 3.39. The molecule has 0 unspecified atom stereocenters. The van der Waals surface area contributed by atoms with Crippen molar-refractivity contribution in [2.45, 2.75) is 0 Å². The van der Waals surface area contributed by atoms with E-state index in [9.17, 15) is 0 Å². The van der Waals surface area contributed by atoms with Crippen LogP contribution in [0.1, 0.15) is 0 Å². The van der Waals surface area contributed by atoms with Crippen LogP contribution in [0, 0.1) is 0 Å². The largest absolute Gasteiger partial charge is 0.368 e. The second-order valence-corrected chi connectivity index (χ2v) is 4.77. The second kappa shape index (κ2) is 6.45. The third-order valence-corrected chi connectivity index (χ3v) is 3.87. The summed E-state index contributed by atoms with van der Waals surface area (Å²) >= 11 is 1.85. The molecule has 17 heavy (non-hydrogen) atoms. The lowest BCUT2D eigenvalue weighted by Crippen LogP contribution is -2.43. The molecule has 0 bridgehead atoms. The van der Waals surface area contributed by atoms with Gasteiger partial charge in [-0.05, 0) is 22.9 Å². The standard InChI is InChI=1S/C12H14N2S.2ClH/c1-2-10-4-9-15-12(10)11(3-1)14-7-5-13-6-8-14;;/h1-4,9,13H,5-8H2;2*1H. The topological polar surface area (TPSA) is 15.3 Å². The third kappa shape index (κ3) is 2.86. The third-order valence-electron chi connectivity index (χ3n) is 2.92. The lowest BCUT2D eigenvalue weighted by atomic mass is 10.2. The Balaban J connectivity index is 0.000000722. The molecule has 1 aliphatic rings. The average Bonchev–Trinajstić information content (AvgIpc) is 2.78. The van der Waals surface area contributed by atoms with E-state index in [0.717, 1.165) is 26.2 Å². The number of nitrogens with zero attached hydrogens (tertiary/aromatic N) is 1. The van der Waals surface area contributed by atoms with E-state index in [4.69, 9.17) is 0 Å².